The van der Waals surface area contributed by atoms with E-state index < -0.39 is 0 Å². The van der Waals surface area contributed by atoms with Crippen molar-refractivity contribution in [2.45, 2.75) is 32.1 Å². The summed E-state index contributed by atoms with van der Waals surface area (Å²) in [5.74, 6) is 0.227. The Kier molecular flexibility index (Phi) is 3.49. The number of hydrogen-bond donors (Lipinski definition) is 0. The molecule has 2 rings (SSSR count). The normalized spacial score (nSPS) is 15.4. The van der Waals surface area contributed by atoms with Crippen LogP contribution < -0.4 is 0 Å². The molecule has 0 aliphatic heterocycles. The molecule has 0 aromatic carbocycles. The van der Waals surface area contributed by atoms with Gasteiger partial charge in [-0.1, -0.05) is 0 Å². The second kappa shape index (κ2) is 4.86. The number of nitrogens with zero attached hydrogens (tertiary/aromatic N) is 1. The van der Waals surface area contributed by atoms with Gasteiger partial charge in [0, 0.05) is 31.4 Å². The molecule has 1 aromatic rings. The quantitative estimate of drug-likeness (QED) is 0.738. The molecule has 4 heteroatoms. The van der Waals surface area contributed by atoms with Crippen LogP contribution >= 0.6 is 11.3 Å². The number of Topliss-reactive ketones (excluding diaryl/α,β-unsaturated/α-hetero) is 1. The van der Waals surface area contributed by atoms with E-state index in [0.29, 0.717) is 6.42 Å². The number of ether oxygens (including phenoxy) is 1. The number of aryl methyl sites for hydroxylation is 2. The van der Waals surface area contributed by atoms with Crippen molar-refractivity contribution in [3.05, 3.63) is 15.6 Å². The van der Waals surface area contributed by atoms with E-state index in [2.05, 4.69) is 4.98 Å². The van der Waals surface area contributed by atoms with Crippen LogP contribution in [-0.4, -0.2) is 24.5 Å². The Labute approximate surface area is 93.5 Å². The Morgan fingerprint density at radius 3 is 3.07 bits per heavy atom. The van der Waals surface area contributed by atoms with Gasteiger partial charge >= 0.3 is 0 Å². The number of hydrogen-bond acceptors (Lipinski definition) is 4. The minimum Gasteiger partial charge on any atom is -0.385 e. The lowest BCUT2D eigenvalue weighted by molar-refractivity contribution is 0.0968. The van der Waals surface area contributed by atoms with Crippen LogP contribution in [0.4, 0.5) is 0 Å². The average Bonchev–Trinajstić information content (AvgIpc) is 2.63. The number of ketones is 1. The highest BCUT2D eigenvalue weighted by Crippen LogP contribution is 2.27. The number of fused-ring (bicyclic) bond motifs is 1. The van der Waals surface area contributed by atoms with Crippen LogP contribution in [0.2, 0.25) is 0 Å². The summed E-state index contributed by atoms with van der Waals surface area (Å²) in [5.41, 5.74) is 0.749. The number of methoxy groups -OCH3 is 1. The maximum atomic E-state index is 11.5. The summed E-state index contributed by atoms with van der Waals surface area (Å²) in [7, 11) is 1.70. The lowest BCUT2D eigenvalue weighted by Gasteiger charge is -2.06. The molecule has 0 saturated carbocycles. The van der Waals surface area contributed by atoms with E-state index in [9.17, 15) is 4.79 Å². The van der Waals surface area contributed by atoms with Gasteiger partial charge in [0.2, 0.25) is 0 Å². The summed E-state index contributed by atoms with van der Waals surface area (Å²) in [4.78, 5) is 17.2. The maximum absolute atomic E-state index is 11.5. The summed E-state index contributed by atoms with van der Waals surface area (Å²) in [6.07, 6.45) is 4.61. The summed E-state index contributed by atoms with van der Waals surface area (Å²) in [6, 6.07) is 0. The number of carbonyl (C=O) groups excluding carboxylic acids is 1. The van der Waals surface area contributed by atoms with Gasteiger partial charge in [-0.2, -0.15) is 0 Å². The van der Waals surface area contributed by atoms with Crippen molar-refractivity contribution in [3.8, 4) is 0 Å². The molecule has 1 aliphatic carbocycles. The molecule has 3 nitrogen and oxygen atoms in total. The topological polar surface area (TPSA) is 39.2 Å². The molecule has 0 bridgehead atoms. The zero-order chi connectivity index (χ0) is 10.7. The van der Waals surface area contributed by atoms with Gasteiger partial charge in [-0.3, -0.25) is 4.79 Å². The Balaban J connectivity index is 2.05. The first-order valence-corrected chi connectivity index (χ1v) is 6.13. The van der Waals surface area contributed by atoms with Crippen LogP contribution in [0.5, 0.6) is 0 Å². The average molecular weight is 225 g/mol. The lowest BCUT2D eigenvalue weighted by atomic mass is 10.0. The molecule has 0 atom stereocenters. The van der Waals surface area contributed by atoms with E-state index in [1.165, 1.54) is 4.88 Å². The molecular weight excluding hydrogens is 210 g/mol. The first kappa shape index (κ1) is 10.8. The highest BCUT2D eigenvalue weighted by Gasteiger charge is 2.21. The van der Waals surface area contributed by atoms with Crippen LogP contribution in [-0.2, 0) is 17.6 Å². The zero-order valence-corrected chi connectivity index (χ0v) is 9.73. The molecular formula is C11H15NO2S. The second-order valence-corrected chi connectivity index (χ2v) is 4.92. The van der Waals surface area contributed by atoms with E-state index >= 15 is 0 Å². The molecule has 1 aliphatic rings. The van der Waals surface area contributed by atoms with Gasteiger partial charge in [0.05, 0.1) is 5.01 Å². The molecule has 1 aromatic heterocycles. The summed E-state index contributed by atoms with van der Waals surface area (Å²) in [6.45, 7) is 0.762. The second-order valence-electron chi connectivity index (χ2n) is 3.75. The van der Waals surface area contributed by atoms with E-state index in [1.807, 2.05) is 0 Å². The Bertz CT molecular complexity index is 359. The van der Waals surface area contributed by atoms with Crippen molar-refractivity contribution in [1.29, 1.82) is 0 Å². The lowest BCUT2D eigenvalue weighted by Crippen LogP contribution is -2.08. The minimum absolute atomic E-state index is 0.227. The van der Waals surface area contributed by atoms with Crippen LogP contribution in [0.15, 0.2) is 0 Å². The zero-order valence-electron chi connectivity index (χ0n) is 8.91. The van der Waals surface area contributed by atoms with Crippen molar-refractivity contribution >= 4 is 17.1 Å². The largest absolute Gasteiger partial charge is 0.385 e. The molecule has 0 radical (unpaired) electrons. The van der Waals surface area contributed by atoms with Gasteiger partial charge in [-0.15, -0.1) is 11.3 Å². The summed E-state index contributed by atoms with van der Waals surface area (Å²) in [5, 5.41) is 1.09. The molecule has 1 heterocycles. The summed E-state index contributed by atoms with van der Waals surface area (Å²) < 4.78 is 5.00. The fraction of sp³-hybridized carbons (Fsp3) is 0.636. The van der Waals surface area contributed by atoms with Gasteiger partial charge in [0.1, 0.15) is 5.69 Å². The number of thiazole rings is 1. The molecule has 0 unspecified atom stereocenters. The molecule has 0 fully saturated rings. The Morgan fingerprint density at radius 1 is 1.47 bits per heavy atom. The molecule has 0 amide bonds. The number of rotatable bonds is 4. The molecule has 0 N–H and O–H groups in total. The van der Waals surface area contributed by atoms with Gasteiger partial charge < -0.3 is 4.74 Å². The Hall–Kier alpha value is -0.740. The third kappa shape index (κ3) is 2.44. The monoisotopic (exact) mass is 225 g/mol. The number of carbonyl (C=O) groups is 1. The van der Waals surface area contributed by atoms with Gasteiger partial charge in [-0.05, 0) is 19.3 Å². The number of aromatic nitrogens is 1. The van der Waals surface area contributed by atoms with Crippen molar-refractivity contribution in [2.24, 2.45) is 0 Å². The van der Waals surface area contributed by atoms with Crippen molar-refractivity contribution in [2.75, 3.05) is 13.7 Å². The third-order valence-electron chi connectivity index (χ3n) is 2.55. The van der Waals surface area contributed by atoms with Crippen molar-refractivity contribution < 1.29 is 9.53 Å². The van der Waals surface area contributed by atoms with Gasteiger partial charge in [0.15, 0.2) is 5.78 Å². The van der Waals surface area contributed by atoms with E-state index in [0.717, 1.165) is 43.0 Å². The van der Waals surface area contributed by atoms with Crippen LogP contribution in [0, 0.1) is 0 Å². The van der Waals surface area contributed by atoms with Crippen molar-refractivity contribution in [1.82, 2.24) is 4.98 Å². The smallest absolute Gasteiger partial charge is 0.182 e. The standard InChI is InChI=1S/C11H15NO2S/c1-14-7-3-6-10-12-11-8(13)4-2-5-9(11)15-10/h2-7H2,1H3. The SMILES string of the molecule is COCCCc1nc2c(s1)CCCC2=O. The molecule has 0 spiro atoms. The van der Waals surface area contributed by atoms with E-state index in [1.54, 1.807) is 18.4 Å². The van der Waals surface area contributed by atoms with Gasteiger partial charge in [-0.25, -0.2) is 4.98 Å². The highest BCUT2D eigenvalue weighted by molar-refractivity contribution is 7.12. The van der Waals surface area contributed by atoms with E-state index in [-0.39, 0.29) is 5.78 Å². The first-order valence-electron chi connectivity index (χ1n) is 5.32. The fourth-order valence-corrected chi connectivity index (χ4v) is 2.96. The van der Waals surface area contributed by atoms with Gasteiger partial charge in [0.25, 0.3) is 0 Å². The minimum atomic E-state index is 0.227. The first-order chi connectivity index (χ1) is 7.31. The van der Waals surface area contributed by atoms with Crippen LogP contribution in [0.1, 0.15) is 39.6 Å². The Morgan fingerprint density at radius 2 is 2.33 bits per heavy atom. The van der Waals surface area contributed by atoms with Crippen LogP contribution in [0.3, 0.4) is 0 Å². The van der Waals surface area contributed by atoms with Crippen LogP contribution in [0.25, 0.3) is 0 Å². The molecule has 0 saturated heterocycles. The molecule has 15 heavy (non-hydrogen) atoms. The fourth-order valence-electron chi connectivity index (χ4n) is 1.79. The van der Waals surface area contributed by atoms with E-state index in [4.69, 9.17) is 4.74 Å². The predicted molar refractivity (Wildman–Crippen MR) is 59.6 cm³/mol. The maximum Gasteiger partial charge on any atom is 0.182 e. The third-order valence-corrected chi connectivity index (χ3v) is 3.73. The van der Waals surface area contributed by atoms with Crippen molar-refractivity contribution in [3.63, 3.8) is 0 Å². The summed E-state index contributed by atoms with van der Waals surface area (Å²) >= 11 is 1.70. The predicted octanol–water partition coefficient (Wildman–Crippen LogP) is 2.24. The molecule has 82 valence electrons. The highest BCUT2D eigenvalue weighted by atomic mass is 32.1.